The Hall–Kier alpha value is -2.14. The summed E-state index contributed by atoms with van der Waals surface area (Å²) in [6.07, 6.45) is 2.04. The number of rotatable bonds is 7. The molecule has 1 aromatic heterocycles. The number of carbonyl (C=O) groups excluding carboxylic acids is 1. The number of nitrogens with zero attached hydrogens (tertiary/aromatic N) is 3. The van der Waals surface area contributed by atoms with Crippen LogP contribution in [0.1, 0.15) is 47.6 Å². The van der Waals surface area contributed by atoms with Crippen LogP contribution in [0.3, 0.4) is 0 Å². The first kappa shape index (κ1) is 19.6. The summed E-state index contributed by atoms with van der Waals surface area (Å²) in [7, 11) is 1.85. The normalized spacial score (nSPS) is 17.6. The lowest BCUT2D eigenvalue weighted by molar-refractivity contribution is 0.0938. The van der Waals surface area contributed by atoms with Crippen molar-refractivity contribution in [2.75, 3.05) is 19.6 Å². The van der Waals surface area contributed by atoms with Gasteiger partial charge in [0.15, 0.2) is 0 Å². The van der Waals surface area contributed by atoms with Crippen LogP contribution in [-0.4, -0.2) is 40.2 Å². The fraction of sp³-hybridized carbons (Fsp3) is 0.545. The third-order valence-corrected chi connectivity index (χ3v) is 5.36. The molecule has 27 heavy (non-hydrogen) atoms. The Bertz CT molecular complexity index is 780. The number of carbonyl (C=O) groups is 1. The predicted octanol–water partition coefficient (Wildman–Crippen LogP) is 3.18. The summed E-state index contributed by atoms with van der Waals surface area (Å²) in [6.45, 7) is 10.4. The molecule has 0 unspecified atom stereocenters. The number of benzene rings is 1. The molecular weight excluding hydrogens is 336 g/mol. The molecule has 3 rings (SSSR count). The summed E-state index contributed by atoms with van der Waals surface area (Å²) in [5, 5.41) is 7.58. The molecule has 0 aliphatic carbocycles. The second-order valence-electron chi connectivity index (χ2n) is 8.27. The Labute approximate surface area is 162 Å². The number of nitrogens with one attached hydrogen (secondary N) is 1. The van der Waals surface area contributed by atoms with E-state index in [4.69, 9.17) is 0 Å². The van der Waals surface area contributed by atoms with Gasteiger partial charge in [-0.1, -0.05) is 38.1 Å². The van der Waals surface area contributed by atoms with Crippen LogP contribution in [0.25, 0.3) is 0 Å². The SMILES string of the molecule is Cc1ccccc1CN1CC[C@@H](CNC(=O)c2cc(CC(C)C)nn2C)C1. The van der Waals surface area contributed by atoms with Crippen molar-refractivity contribution < 1.29 is 4.79 Å². The first-order valence-electron chi connectivity index (χ1n) is 10.0. The topological polar surface area (TPSA) is 50.2 Å². The summed E-state index contributed by atoms with van der Waals surface area (Å²) < 4.78 is 1.70. The van der Waals surface area contributed by atoms with Crippen molar-refractivity contribution in [3.8, 4) is 0 Å². The van der Waals surface area contributed by atoms with Crippen molar-refractivity contribution in [1.82, 2.24) is 20.0 Å². The van der Waals surface area contributed by atoms with Gasteiger partial charge in [0.1, 0.15) is 5.69 Å². The maximum Gasteiger partial charge on any atom is 0.269 e. The lowest BCUT2D eigenvalue weighted by atomic mass is 10.1. The minimum atomic E-state index is -0.0163. The molecule has 146 valence electrons. The molecule has 1 saturated heterocycles. The number of amides is 1. The van der Waals surface area contributed by atoms with Crippen LogP contribution in [0.2, 0.25) is 0 Å². The van der Waals surface area contributed by atoms with Crippen molar-refractivity contribution in [2.24, 2.45) is 18.9 Å². The molecule has 1 aliphatic heterocycles. The van der Waals surface area contributed by atoms with Crippen LogP contribution in [0.5, 0.6) is 0 Å². The minimum absolute atomic E-state index is 0.0163. The molecule has 5 nitrogen and oxygen atoms in total. The number of hydrogen-bond donors (Lipinski definition) is 1. The van der Waals surface area contributed by atoms with Gasteiger partial charge >= 0.3 is 0 Å². The fourth-order valence-corrected chi connectivity index (χ4v) is 3.84. The van der Waals surface area contributed by atoms with Crippen molar-refractivity contribution in [1.29, 1.82) is 0 Å². The summed E-state index contributed by atoms with van der Waals surface area (Å²) >= 11 is 0. The summed E-state index contributed by atoms with van der Waals surface area (Å²) in [6, 6.07) is 10.5. The number of aryl methyl sites for hydroxylation is 2. The third-order valence-electron chi connectivity index (χ3n) is 5.36. The largest absolute Gasteiger partial charge is 0.350 e. The number of aromatic nitrogens is 2. The van der Waals surface area contributed by atoms with Crippen molar-refractivity contribution in [2.45, 2.75) is 40.2 Å². The van der Waals surface area contributed by atoms with Gasteiger partial charge in [-0.3, -0.25) is 14.4 Å². The molecule has 2 aromatic rings. The van der Waals surface area contributed by atoms with Gasteiger partial charge in [-0.15, -0.1) is 0 Å². The van der Waals surface area contributed by atoms with Gasteiger partial charge in [0, 0.05) is 26.7 Å². The highest BCUT2D eigenvalue weighted by molar-refractivity contribution is 5.92. The third kappa shape index (κ3) is 5.19. The van der Waals surface area contributed by atoms with Gasteiger partial charge in [0.05, 0.1) is 5.69 Å². The first-order chi connectivity index (χ1) is 12.9. The molecule has 0 radical (unpaired) electrons. The zero-order chi connectivity index (χ0) is 19.4. The summed E-state index contributed by atoms with van der Waals surface area (Å²) in [5.41, 5.74) is 4.39. The first-order valence-corrected chi connectivity index (χ1v) is 10.0. The van der Waals surface area contributed by atoms with Gasteiger partial charge in [-0.25, -0.2) is 0 Å². The Morgan fingerprint density at radius 2 is 2.11 bits per heavy atom. The molecule has 1 fully saturated rings. The second kappa shape index (κ2) is 8.70. The number of likely N-dealkylation sites (tertiary alicyclic amines) is 1. The zero-order valence-corrected chi connectivity index (χ0v) is 17.0. The zero-order valence-electron chi connectivity index (χ0n) is 17.0. The lowest BCUT2D eigenvalue weighted by Crippen LogP contribution is -2.32. The van der Waals surface area contributed by atoms with Crippen LogP contribution in [0.15, 0.2) is 30.3 Å². The predicted molar refractivity (Wildman–Crippen MR) is 109 cm³/mol. The molecule has 0 saturated carbocycles. The quantitative estimate of drug-likeness (QED) is 0.817. The van der Waals surface area contributed by atoms with E-state index in [0.717, 1.165) is 44.7 Å². The molecular formula is C22H32N4O. The van der Waals surface area contributed by atoms with E-state index in [0.29, 0.717) is 17.5 Å². The van der Waals surface area contributed by atoms with Gasteiger partial charge in [0.25, 0.3) is 5.91 Å². The van der Waals surface area contributed by atoms with Crippen molar-refractivity contribution in [3.63, 3.8) is 0 Å². The van der Waals surface area contributed by atoms with Gasteiger partial charge in [0.2, 0.25) is 0 Å². The molecule has 0 bridgehead atoms. The van der Waals surface area contributed by atoms with Crippen LogP contribution >= 0.6 is 0 Å². The monoisotopic (exact) mass is 368 g/mol. The molecule has 1 N–H and O–H groups in total. The summed E-state index contributed by atoms with van der Waals surface area (Å²) in [5.74, 6) is 1.03. The number of hydrogen-bond acceptors (Lipinski definition) is 3. The molecule has 2 heterocycles. The molecule has 1 atom stereocenters. The fourth-order valence-electron chi connectivity index (χ4n) is 3.84. The maximum absolute atomic E-state index is 12.6. The Morgan fingerprint density at radius 1 is 1.33 bits per heavy atom. The lowest BCUT2D eigenvalue weighted by Gasteiger charge is -2.17. The van der Waals surface area contributed by atoms with E-state index in [1.807, 2.05) is 13.1 Å². The highest BCUT2D eigenvalue weighted by Gasteiger charge is 2.24. The molecule has 1 amide bonds. The smallest absolute Gasteiger partial charge is 0.269 e. The molecule has 1 aliphatic rings. The Kier molecular flexibility index (Phi) is 6.32. The highest BCUT2D eigenvalue weighted by Crippen LogP contribution is 2.19. The molecule has 5 heteroatoms. The minimum Gasteiger partial charge on any atom is -0.350 e. The van der Waals surface area contributed by atoms with Crippen LogP contribution in [-0.2, 0) is 20.0 Å². The van der Waals surface area contributed by atoms with Crippen LogP contribution in [0, 0.1) is 18.8 Å². The second-order valence-corrected chi connectivity index (χ2v) is 8.27. The molecule has 0 spiro atoms. The van der Waals surface area contributed by atoms with E-state index < -0.39 is 0 Å². The van der Waals surface area contributed by atoms with Crippen LogP contribution in [0.4, 0.5) is 0 Å². The van der Waals surface area contributed by atoms with Crippen LogP contribution < -0.4 is 5.32 Å². The summed E-state index contributed by atoms with van der Waals surface area (Å²) in [4.78, 5) is 15.0. The van der Waals surface area contributed by atoms with E-state index in [9.17, 15) is 4.79 Å². The molecule has 1 aromatic carbocycles. The van der Waals surface area contributed by atoms with Crippen molar-refractivity contribution in [3.05, 3.63) is 52.8 Å². The Balaban J connectivity index is 1.49. The van der Waals surface area contributed by atoms with Gasteiger partial charge in [-0.05, 0) is 55.3 Å². The van der Waals surface area contributed by atoms with E-state index in [-0.39, 0.29) is 5.91 Å². The maximum atomic E-state index is 12.6. The van der Waals surface area contributed by atoms with Gasteiger partial charge < -0.3 is 5.32 Å². The van der Waals surface area contributed by atoms with E-state index in [1.54, 1.807) is 4.68 Å². The van der Waals surface area contributed by atoms with E-state index in [2.05, 4.69) is 60.4 Å². The standard InChI is InChI=1S/C22H32N4O/c1-16(2)11-20-12-21(25(4)24-20)22(27)23-13-18-9-10-26(14-18)15-19-8-6-5-7-17(19)3/h5-8,12,16,18H,9-11,13-15H2,1-4H3,(H,23,27)/t18-/m0/s1. The van der Waals surface area contributed by atoms with Gasteiger partial charge in [-0.2, -0.15) is 5.10 Å². The highest BCUT2D eigenvalue weighted by atomic mass is 16.2. The van der Waals surface area contributed by atoms with Crippen molar-refractivity contribution >= 4 is 5.91 Å². The van der Waals surface area contributed by atoms with E-state index in [1.165, 1.54) is 11.1 Å². The Morgan fingerprint density at radius 3 is 2.85 bits per heavy atom. The van der Waals surface area contributed by atoms with E-state index >= 15 is 0 Å². The average molecular weight is 369 g/mol. The average Bonchev–Trinajstić information content (AvgIpc) is 3.20.